The quantitative estimate of drug-likeness (QED) is 0.143. The fraction of sp³-hybridized carbons (Fsp3) is 0.618. The smallest absolute Gasteiger partial charge is 0.341 e. The molecule has 0 saturated heterocycles. The van der Waals surface area contributed by atoms with Crippen LogP contribution < -0.4 is 4.74 Å². The van der Waals surface area contributed by atoms with Crippen LogP contribution in [0, 0.1) is 29.2 Å². The lowest BCUT2D eigenvalue weighted by atomic mass is 9.77. The van der Waals surface area contributed by atoms with Crippen molar-refractivity contribution in [1.29, 1.82) is 0 Å². The van der Waals surface area contributed by atoms with Crippen LogP contribution in [0.15, 0.2) is 24.3 Å². The zero-order valence-corrected chi connectivity index (χ0v) is 24.5. The Kier molecular flexibility index (Phi) is 11.5. The lowest BCUT2D eigenvalue weighted by molar-refractivity contribution is 0.0188. The molecule has 2 aliphatic carbocycles. The first kappa shape index (κ1) is 31.4. The highest BCUT2D eigenvalue weighted by atomic mass is 19.2. The lowest BCUT2D eigenvalue weighted by Crippen LogP contribution is -2.25. The van der Waals surface area contributed by atoms with Crippen molar-refractivity contribution in [2.75, 3.05) is 6.61 Å². The maximum Gasteiger partial charge on any atom is 0.341 e. The summed E-state index contributed by atoms with van der Waals surface area (Å²) < 4.78 is 70.4. The fourth-order valence-corrected chi connectivity index (χ4v) is 6.35. The monoisotopic (exact) mass is 576 g/mol. The van der Waals surface area contributed by atoms with Crippen LogP contribution in [-0.2, 0) is 4.74 Å². The van der Waals surface area contributed by atoms with E-state index in [0.717, 1.165) is 57.8 Å². The average Bonchev–Trinajstić information content (AvgIpc) is 2.97. The summed E-state index contributed by atoms with van der Waals surface area (Å²) in [5.74, 6) is -4.61. The number of ether oxygens (including phenoxy) is 2. The number of halogens is 4. The van der Waals surface area contributed by atoms with E-state index in [1.54, 1.807) is 12.1 Å². The van der Waals surface area contributed by atoms with E-state index >= 15 is 8.78 Å². The minimum atomic E-state index is -1.28. The van der Waals surface area contributed by atoms with Gasteiger partial charge in [0, 0.05) is 0 Å². The number of esters is 1. The second-order valence-corrected chi connectivity index (χ2v) is 12.1. The predicted octanol–water partition coefficient (Wildman–Crippen LogP) is 10.2. The molecular formula is C34H44F4O3. The van der Waals surface area contributed by atoms with E-state index in [4.69, 9.17) is 9.47 Å². The Balaban J connectivity index is 1.27. The largest absolute Gasteiger partial charge is 0.490 e. The van der Waals surface area contributed by atoms with Gasteiger partial charge in [-0.3, -0.25) is 0 Å². The molecule has 0 aliphatic heterocycles. The molecule has 0 N–H and O–H groups in total. The van der Waals surface area contributed by atoms with Crippen molar-refractivity contribution in [2.45, 2.75) is 122 Å². The minimum Gasteiger partial charge on any atom is -0.490 e. The molecule has 7 heteroatoms. The molecule has 3 nitrogen and oxygen atoms in total. The maximum absolute atomic E-state index is 15.1. The fourth-order valence-electron chi connectivity index (χ4n) is 6.35. The van der Waals surface area contributed by atoms with Gasteiger partial charge in [0.05, 0.1) is 12.2 Å². The third kappa shape index (κ3) is 8.04. The Morgan fingerprint density at radius 3 is 1.88 bits per heavy atom. The molecule has 41 heavy (non-hydrogen) atoms. The summed E-state index contributed by atoms with van der Waals surface area (Å²) in [6, 6.07) is 5.92. The third-order valence-electron chi connectivity index (χ3n) is 9.01. The summed E-state index contributed by atoms with van der Waals surface area (Å²) >= 11 is 0. The van der Waals surface area contributed by atoms with Crippen molar-refractivity contribution in [2.24, 2.45) is 5.92 Å². The molecule has 0 radical (unpaired) electrons. The van der Waals surface area contributed by atoms with Gasteiger partial charge in [0.15, 0.2) is 23.2 Å². The van der Waals surface area contributed by atoms with E-state index < -0.39 is 40.9 Å². The van der Waals surface area contributed by atoms with Crippen LogP contribution in [0.25, 0.3) is 0 Å². The maximum atomic E-state index is 15.1. The van der Waals surface area contributed by atoms with Gasteiger partial charge in [-0.05, 0) is 86.0 Å². The third-order valence-corrected chi connectivity index (χ3v) is 9.01. The molecule has 2 saturated carbocycles. The molecule has 4 rings (SSSR count). The Labute approximate surface area is 242 Å². The number of carbonyl (C=O) groups excluding carboxylic acids is 1. The standard InChI is InChI=1S/C34H44F4O3/c1-3-4-5-6-7-8-21-40-29-20-19-28(32(37)33(29)38)34(39)41-25-15-13-24(14-16-25)27-18-17-26(30(35)31(27)36)23-11-9-22(2)10-12-23/h17-20,22-25H,3-16,21H2,1-2H3. The van der Waals surface area contributed by atoms with E-state index in [1.165, 1.54) is 18.6 Å². The van der Waals surface area contributed by atoms with E-state index in [-0.39, 0.29) is 24.2 Å². The number of benzene rings is 2. The summed E-state index contributed by atoms with van der Waals surface area (Å²) in [6.45, 7) is 4.62. The van der Waals surface area contributed by atoms with Crippen molar-refractivity contribution in [1.82, 2.24) is 0 Å². The number of rotatable bonds is 12. The molecule has 2 aromatic rings. The molecule has 0 heterocycles. The molecule has 2 aromatic carbocycles. The molecule has 226 valence electrons. The normalized spacial score (nSPS) is 22.9. The Bertz CT molecular complexity index is 1150. The summed E-state index contributed by atoms with van der Waals surface area (Å²) in [6.07, 6.45) is 11.5. The van der Waals surface area contributed by atoms with E-state index in [2.05, 4.69) is 13.8 Å². The summed E-state index contributed by atoms with van der Waals surface area (Å²) in [4.78, 5) is 12.7. The predicted molar refractivity (Wildman–Crippen MR) is 152 cm³/mol. The number of carbonyl (C=O) groups is 1. The van der Waals surface area contributed by atoms with E-state index in [1.807, 2.05) is 0 Å². The van der Waals surface area contributed by atoms with Crippen molar-refractivity contribution in [3.63, 3.8) is 0 Å². The number of hydrogen-bond acceptors (Lipinski definition) is 3. The van der Waals surface area contributed by atoms with Crippen LogP contribution >= 0.6 is 0 Å². The Morgan fingerprint density at radius 2 is 1.27 bits per heavy atom. The van der Waals surface area contributed by atoms with Crippen LogP contribution in [0.1, 0.15) is 137 Å². The topological polar surface area (TPSA) is 35.5 Å². The molecule has 0 amide bonds. The summed E-state index contributed by atoms with van der Waals surface area (Å²) in [7, 11) is 0. The molecule has 0 atom stereocenters. The zero-order chi connectivity index (χ0) is 29.4. The van der Waals surface area contributed by atoms with Gasteiger partial charge in [-0.25, -0.2) is 18.0 Å². The second kappa shape index (κ2) is 15.1. The van der Waals surface area contributed by atoms with Gasteiger partial charge in [0.2, 0.25) is 5.82 Å². The molecule has 2 aliphatic rings. The van der Waals surface area contributed by atoms with Crippen LogP contribution in [-0.4, -0.2) is 18.7 Å². The van der Waals surface area contributed by atoms with Gasteiger partial charge < -0.3 is 9.47 Å². The van der Waals surface area contributed by atoms with Gasteiger partial charge in [-0.2, -0.15) is 4.39 Å². The van der Waals surface area contributed by atoms with Crippen LogP contribution in [0.3, 0.4) is 0 Å². The van der Waals surface area contributed by atoms with Crippen molar-refractivity contribution in [3.05, 3.63) is 64.2 Å². The highest BCUT2D eigenvalue weighted by Gasteiger charge is 2.31. The van der Waals surface area contributed by atoms with Crippen molar-refractivity contribution < 1.29 is 31.8 Å². The van der Waals surface area contributed by atoms with E-state index in [0.29, 0.717) is 42.7 Å². The molecule has 0 spiro atoms. The van der Waals surface area contributed by atoms with Crippen molar-refractivity contribution in [3.8, 4) is 5.75 Å². The summed E-state index contributed by atoms with van der Waals surface area (Å²) in [5, 5.41) is 0. The summed E-state index contributed by atoms with van der Waals surface area (Å²) in [5.41, 5.74) is 0.371. The first-order valence-corrected chi connectivity index (χ1v) is 15.6. The van der Waals surface area contributed by atoms with Gasteiger partial charge in [-0.1, -0.05) is 70.9 Å². The average molecular weight is 577 g/mol. The number of hydrogen-bond donors (Lipinski definition) is 0. The van der Waals surface area contributed by atoms with Crippen LogP contribution in [0.4, 0.5) is 17.6 Å². The first-order valence-electron chi connectivity index (χ1n) is 15.6. The molecular weight excluding hydrogens is 532 g/mol. The van der Waals surface area contributed by atoms with Gasteiger partial charge >= 0.3 is 5.97 Å². The SMILES string of the molecule is CCCCCCCCOc1ccc(C(=O)OC2CCC(c3ccc(C4CCC(C)CC4)c(F)c3F)CC2)c(F)c1F. The molecule has 2 fully saturated rings. The highest BCUT2D eigenvalue weighted by Crippen LogP contribution is 2.41. The van der Waals surface area contributed by atoms with Gasteiger partial charge in [0.25, 0.3) is 0 Å². The minimum absolute atomic E-state index is 0.0658. The lowest BCUT2D eigenvalue weighted by Gasteiger charge is -2.30. The zero-order valence-electron chi connectivity index (χ0n) is 24.5. The van der Waals surface area contributed by atoms with Crippen LogP contribution in [0.5, 0.6) is 5.75 Å². The molecule has 0 unspecified atom stereocenters. The Morgan fingerprint density at radius 1 is 0.707 bits per heavy atom. The highest BCUT2D eigenvalue weighted by molar-refractivity contribution is 5.90. The Hall–Kier alpha value is -2.57. The first-order chi connectivity index (χ1) is 19.8. The molecule has 0 bridgehead atoms. The number of unbranched alkanes of at least 4 members (excludes halogenated alkanes) is 5. The van der Waals surface area contributed by atoms with E-state index in [9.17, 15) is 13.6 Å². The molecule has 0 aromatic heterocycles. The van der Waals surface area contributed by atoms with Crippen molar-refractivity contribution >= 4 is 5.97 Å². The van der Waals surface area contributed by atoms with Gasteiger partial charge in [0.1, 0.15) is 6.10 Å². The van der Waals surface area contributed by atoms with Gasteiger partial charge in [-0.15, -0.1) is 0 Å². The van der Waals surface area contributed by atoms with Crippen LogP contribution in [0.2, 0.25) is 0 Å². The second-order valence-electron chi connectivity index (χ2n) is 12.1.